The van der Waals surface area contributed by atoms with E-state index in [1.165, 1.54) is 6.92 Å². The van der Waals surface area contributed by atoms with Crippen LogP contribution in [0.1, 0.15) is 57.1 Å². The summed E-state index contributed by atoms with van der Waals surface area (Å²) in [6, 6.07) is 7.61. The summed E-state index contributed by atoms with van der Waals surface area (Å²) in [5, 5.41) is 2.85. The smallest absolute Gasteiger partial charge is 0.302 e. The highest BCUT2D eigenvalue weighted by atomic mass is 16.5. The molecule has 2 aliphatic rings. The van der Waals surface area contributed by atoms with Gasteiger partial charge in [-0.2, -0.15) is 0 Å². The maximum absolute atomic E-state index is 12.8. The average Bonchev–Trinajstić information content (AvgIpc) is 2.76. The van der Waals surface area contributed by atoms with E-state index in [2.05, 4.69) is 5.32 Å². The topological polar surface area (TPSA) is 94.2 Å². The molecule has 0 aromatic heterocycles. The van der Waals surface area contributed by atoms with Gasteiger partial charge in [-0.25, -0.2) is 0 Å². The Labute approximate surface area is 183 Å². The summed E-state index contributed by atoms with van der Waals surface area (Å²) in [4.78, 5) is 37.5. The maximum Gasteiger partial charge on any atom is 0.302 e. The minimum atomic E-state index is -0.355. The quantitative estimate of drug-likeness (QED) is 0.451. The second kappa shape index (κ2) is 11.8. The van der Waals surface area contributed by atoms with Crippen molar-refractivity contribution in [2.24, 2.45) is 0 Å². The molecule has 1 N–H and O–H groups in total. The van der Waals surface area contributed by atoms with Crippen LogP contribution >= 0.6 is 0 Å². The summed E-state index contributed by atoms with van der Waals surface area (Å²) in [5.41, 5.74) is 1.75. The number of fused-ring (bicyclic) bond motifs is 1. The lowest BCUT2D eigenvalue weighted by Gasteiger charge is -2.30. The van der Waals surface area contributed by atoms with Gasteiger partial charge in [0, 0.05) is 44.4 Å². The van der Waals surface area contributed by atoms with E-state index < -0.39 is 0 Å². The Morgan fingerprint density at radius 1 is 1.23 bits per heavy atom. The number of carbonyl (C=O) groups excluding carboxylic acids is 3. The van der Waals surface area contributed by atoms with E-state index in [-0.39, 0.29) is 43.0 Å². The third-order valence-electron chi connectivity index (χ3n) is 5.52. The third kappa shape index (κ3) is 7.33. The van der Waals surface area contributed by atoms with Gasteiger partial charge in [-0.1, -0.05) is 18.2 Å². The van der Waals surface area contributed by atoms with Gasteiger partial charge in [0.05, 0.1) is 25.2 Å². The lowest BCUT2D eigenvalue weighted by atomic mass is 10.00. The number of para-hydroxylation sites is 1. The van der Waals surface area contributed by atoms with E-state index in [9.17, 15) is 14.4 Å². The van der Waals surface area contributed by atoms with E-state index >= 15 is 0 Å². The van der Waals surface area contributed by atoms with Gasteiger partial charge >= 0.3 is 5.97 Å². The minimum Gasteiger partial charge on any atom is -0.464 e. The molecule has 0 bridgehead atoms. The Morgan fingerprint density at radius 2 is 2.06 bits per heavy atom. The van der Waals surface area contributed by atoms with Gasteiger partial charge in [0.1, 0.15) is 6.61 Å². The standard InChI is InChI=1S/C23H32N2O6/c1-17(26)29-14-11-25(16-18-7-4-5-12-30-18)23(28)10-6-13-31-21-15-22(27)24-20-9-3-2-8-19(20)21/h2-3,8-9,18,21H,4-7,10-16H2,1H3,(H,24,27). The van der Waals surface area contributed by atoms with E-state index in [0.717, 1.165) is 37.1 Å². The first kappa shape index (κ1) is 23.2. The number of rotatable bonds is 10. The number of nitrogens with one attached hydrogen (secondary N) is 1. The second-order valence-corrected chi connectivity index (χ2v) is 7.97. The fraction of sp³-hybridized carbons (Fsp3) is 0.609. The van der Waals surface area contributed by atoms with Gasteiger partial charge < -0.3 is 24.4 Å². The summed E-state index contributed by atoms with van der Waals surface area (Å²) >= 11 is 0. The average molecular weight is 433 g/mol. The molecule has 1 saturated heterocycles. The third-order valence-corrected chi connectivity index (χ3v) is 5.52. The van der Waals surface area contributed by atoms with Crippen molar-refractivity contribution >= 4 is 23.5 Å². The molecule has 0 spiro atoms. The summed E-state index contributed by atoms with van der Waals surface area (Å²) in [6.45, 7) is 3.51. The largest absolute Gasteiger partial charge is 0.464 e. The Balaban J connectivity index is 1.47. The number of esters is 1. The van der Waals surface area contributed by atoms with Crippen molar-refractivity contribution in [3.63, 3.8) is 0 Å². The zero-order chi connectivity index (χ0) is 22.1. The van der Waals surface area contributed by atoms with Gasteiger partial charge in [-0.05, 0) is 31.7 Å². The minimum absolute atomic E-state index is 0.00767. The van der Waals surface area contributed by atoms with Crippen molar-refractivity contribution in [1.82, 2.24) is 4.90 Å². The van der Waals surface area contributed by atoms with Crippen LogP contribution in [0.4, 0.5) is 5.69 Å². The van der Waals surface area contributed by atoms with E-state index in [4.69, 9.17) is 14.2 Å². The lowest BCUT2D eigenvalue weighted by Crippen LogP contribution is -2.41. The first-order valence-electron chi connectivity index (χ1n) is 11.1. The molecule has 170 valence electrons. The number of nitrogens with zero attached hydrogens (tertiary/aromatic N) is 1. The zero-order valence-corrected chi connectivity index (χ0v) is 18.1. The Kier molecular flexibility index (Phi) is 8.85. The van der Waals surface area contributed by atoms with Gasteiger partial charge in [-0.15, -0.1) is 0 Å². The summed E-state index contributed by atoms with van der Waals surface area (Å²) < 4.78 is 16.7. The number of anilines is 1. The SMILES string of the molecule is CC(=O)OCCN(CC1CCCCO1)C(=O)CCCOC1CC(=O)Nc2ccccc21. The van der Waals surface area contributed by atoms with Crippen LogP contribution in [-0.2, 0) is 28.6 Å². The predicted octanol–water partition coefficient (Wildman–Crippen LogP) is 2.83. The molecule has 2 aliphatic heterocycles. The molecule has 0 saturated carbocycles. The van der Waals surface area contributed by atoms with Gasteiger partial charge in [0.15, 0.2) is 0 Å². The monoisotopic (exact) mass is 432 g/mol. The highest BCUT2D eigenvalue weighted by Gasteiger charge is 2.26. The molecular formula is C23H32N2O6. The van der Waals surface area contributed by atoms with E-state index in [0.29, 0.717) is 32.5 Å². The van der Waals surface area contributed by atoms with Crippen LogP contribution in [0.25, 0.3) is 0 Å². The van der Waals surface area contributed by atoms with Crippen molar-refractivity contribution in [2.45, 2.75) is 57.7 Å². The lowest BCUT2D eigenvalue weighted by molar-refractivity contribution is -0.144. The summed E-state index contributed by atoms with van der Waals surface area (Å²) in [7, 11) is 0. The number of ether oxygens (including phenoxy) is 3. The second-order valence-electron chi connectivity index (χ2n) is 7.97. The first-order valence-corrected chi connectivity index (χ1v) is 11.1. The van der Waals surface area contributed by atoms with E-state index in [1.807, 2.05) is 24.3 Å². The normalized spacial score (nSPS) is 20.5. The van der Waals surface area contributed by atoms with Crippen LogP contribution in [0, 0.1) is 0 Å². The van der Waals surface area contributed by atoms with Crippen LogP contribution in [0.15, 0.2) is 24.3 Å². The summed E-state index contributed by atoms with van der Waals surface area (Å²) in [6.07, 6.45) is 3.97. The molecule has 8 heteroatoms. The summed E-state index contributed by atoms with van der Waals surface area (Å²) in [5.74, 6) is -0.429. The Hall–Kier alpha value is -2.45. The molecule has 2 heterocycles. The molecule has 31 heavy (non-hydrogen) atoms. The molecule has 2 unspecified atom stereocenters. The Morgan fingerprint density at radius 3 is 2.84 bits per heavy atom. The van der Waals surface area contributed by atoms with Crippen LogP contribution in [0.3, 0.4) is 0 Å². The van der Waals surface area contributed by atoms with Crippen molar-refractivity contribution in [3.8, 4) is 0 Å². The van der Waals surface area contributed by atoms with Crippen LogP contribution < -0.4 is 5.32 Å². The predicted molar refractivity (Wildman–Crippen MR) is 114 cm³/mol. The van der Waals surface area contributed by atoms with Crippen molar-refractivity contribution in [2.75, 3.05) is 38.2 Å². The maximum atomic E-state index is 12.8. The highest BCUT2D eigenvalue weighted by Crippen LogP contribution is 2.32. The van der Waals surface area contributed by atoms with Crippen molar-refractivity contribution in [3.05, 3.63) is 29.8 Å². The molecule has 3 rings (SSSR count). The first-order chi connectivity index (χ1) is 15.0. The molecule has 1 aromatic rings. The van der Waals surface area contributed by atoms with Gasteiger partial charge in [-0.3, -0.25) is 14.4 Å². The molecule has 0 aliphatic carbocycles. The fourth-order valence-corrected chi connectivity index (χ4v) is 3.94. The molecular weight excluding hydrogens is 400 g/mol. The van der Waals surface area contributed by atoms with Crippen molar-refractivity contribution < 1.29 is 28.6 Å². The number of hydrogen-bond acceptors (Lipinski definition) is 6. The van der Waals surface area contributed by atoms with Crippen LogP contribution in [0.2, 0.25) is 0 Å². The highest BCUT2D eigenvalue weighted by molar-refractivity contribution is 5.94. The number of carbonyl (C=O) groups is 3. The molecule has 2 amide bonds. The number of benzene rings is 1. The molecule has 8 nitrogen and oxygen atoms in total. The molecule has 1 aromatic carbocycles. The van der Waals surface area contributed by atoms with Gasteiger partial charge in [0.2, 0.25) is 11.8 Å². The zero-order valence-electron chi connectivity index (χ0n) is 18.1. The molecule has 1 fully saturated rings. The molecule has 0 radical (unpaired) electrons. The number of hydrogen-bond donors (Lipinski definition) is 1. The Bertz CT molecular complexity index is 762. The van der Waals surface area contributed by atoms with Gasteiger partial charge in [0.25, 0.3) is 0 Å². The van der Waals surface area contributed by atoms with Crippen LogP contribution in [0.5, 0.6) is 0 Å². The van der Waals surface area contributed by atoms with Crippen LogP contribution in [-0.4, -0.2) is 61.7 Å². The molecule has 2 atom stereocenters. The van der Waals surface area contributed by atoms with Crippen molar-refractivity contribution in [1.29, 1.82) is 0 Å². The number of amides is 2. The fourth-order valence-electron chi connectivity index (χ4n) is 3.94. The van der Waals surface area contributed by atoms with E-state index in [1.54, 1.807) is 4.90 Å².